The Bertz CT molecular complexity index is 677. The van der Waals surface area contributed by atoms with Gasteiger partial charge in [0.05, 0.1) is 0 Å². The molecule has 2 saturated heterocycles. The molecule has 2 aromatic rings. The lowest BCUT2D eigenvalue weighted by Gasteiger charge is -2.47. The normalized spacial score (nSPS) is 21.1. The Morgan fingerprint density at radius 2 is 1.19 bits per heavy atom. The quantitative estimate of drug-likeness (QED) is 0.822. The number of benzene rings is 1. The molecule has 3 heteroatoms. The lowest BCUT2D eigenvalue weighted by Crippen LogP contribution is -2.46. The van der Waals surface area contributed by atoms with E-state index in [1.165, 1.54) is 68.6 Å². The largest absolute Gasteiger partial charge is 0.299 e. The van der Waals surface area contributed by atoms with Crippen LogP contribution in [0, 0.1) is 12.3 Å². The van der Waals surface area contributed by atoms with Crippen LogP contribution in [0.1, 0.15) is 42.4 Å². The maximum absolute atomic E-state index is 4.12. The van der Waals surface area contributed by atoms with E-state index < -0.39 is 0 Å². The molecule has 1 spiro atoms. The summed E-state index contributed by atoms with van der Waals surface area (Å²) >= 11 is 0. The molecule has 2 aliphatic heterocycles. The fraction of sp³-hybridized carbons (Fsp3) is 0.522. The lowest BCUT2D eigenvalue weighted by atomic mass is 9.71. The average molecular weight is 350 g/mol. The van der Waals surface area contributed by atoms with Crippen LogP contribution in [0.15, 0.2) is 48.8 Å². The van der Waals surface area contributed by atoms with Crippen molar-refractivity contribution in [2.75, 3.05) is 26.2 Å². The highest BCUT2D eigenvalue weighted by molar-refractivity contribution is 5.21. The second-order valence-corrected chi connectivity index (χ2v) is 8.39. The van der Waals surface area contributed by atoms with Gasteiger partial charge in [0.2, 0.25) is 0 Å². The van der Waals surface area contributed by atoms with Gasteiger partial charge in [0.1, 0.15) is 0 Å². The van der Waals surface area contributed by atoms with Crippen LogP contribution >= 0.6 is 0 Å². The van der Waals surface area contributed by atoms with Crippen LogP contribution < -0.4 is 0 Å². The third-order valence-electron chi connectivity index (χ3n) is 6.52. The molecule has 3 nitrogen and oxygen atoms in total. The monoisotopic (exact) mass is 349 g/mol. The summed E-state index contributed by atoms with van der Waals surface area (Å²) in [6, 6.07) is 13.3. The summed E-state index contributed by atoms with van der Waals surface area (Å²) in [7, 11) is 0. The number of likely N-dealkylation sites (tertiary alicyclic amines) is 2. The smallest absolute Gasteiger partial charge is 0.0271 e. The van der Waals surface area contributed by atoms with E-state index in [1.54, 1.807) is 0 Å². The maximum Gasteiger partial charge on any atom is 0.0271 e. The molecule has 3 heterocycles. The molecule has 4 rings (SSSR count). The fourth-order valence-corrected chi connectivity index (χ4v) is 4.57. The van der Waals surface area contributed by atoms with Crippen molar-refractivity contribution in [2.24, 2.45) is 5.41 Å². The van der Waals surface area contributed by atoms with E-state index in [-0.39, 0.29) is 0 Å². The Morgan fingerprint density at radius 1 is 0.731 bits per heavy atom. The molecular weight excluding hydrogens is 318 g/mol. The summed E-state index contributed by atoms with van der Waals surface area (Å²) < 4.78 is 0. The number of aromatic nitrogens is 1. The molecule has 2 aliphatic rings. The molecule has 0 aliphatic carbocycles. The third-order valence-corrected chi connectivity index (χ3v) is 6.52. The van der Waals surface area contributed by atoms with Crippen LogP contribution in [0.25, 0.3) is 0 Å². The number of piperidine rings is 2. The van der Waals surface area contributed by atoms with Crippen molar-refractivity contribution in [1.82, 2.24) is 14.8 Å². The molecule has 1 aromatic heterocycles. The molecule has 0 amide bonds. The molecule has 0 radical (unpaired) electrons. The summed E-state index contributed by atoms with van der Waals surface area (Å²) in [5.74, 6) is 0. The number of pyridine rings is 1. The van der Waals surface area contributed by atoms with Gasteiger partial charge in [-0.2, -0.15) is 0 Å². The van der Waals surface area contributed by atoms with Gasteiger partial charge in [0.25, 0.3) is 0 Å². The first-order valence-electron chi connectivity index (χ1n) is 10.1. The van der Waals surface area contributed by atoms with Gasteiger partial charge in [-0.15, -0.1) is 0 Å². The van der Waals surface area contributed by atoms with Crippen molar-refractivity contribution in [3.8, 4) is 0 Å². The van der Waals surface area contributed by atoms with E-state index in [0.717, 1.165) is 13.1 Å². The van der Waals surface area contributed by atoms with Crippen LogP contribution in [-0.2, 0) is 13.1 Å². The Labute approximate surface area is 158 Å². The van der Waals surface area contributed by atoms with Crippen LogP contribution in [0.5, 0.6) is 0 Å². The summed E-state index contributed by atoms with van der Waals surface area (Å²) in [5, 5.41) is 0. The number of hydrogen-bond acceptors (Lipinski definition) is 3. The van der Waals surface area contributed by atoms with Crippen molar-refractivity contribution in [1.29, 1.82) is 0 Å². The predicted molar refractivity (Wildman–Crippen MR) is 107 cm³/mol. The fourth-order valence-electron chi connectivity index (χ4n) is 4.57. The van der Waals surface area contributed by atoms with Crippen LogP contribution in [0.2, 0.25) is 0 Å². The van der Waals surface area contributed by atoms with E-state index in [9.17, 15) is 0 Å². The molecule has 2 fully saturated rings. The molecule has 1 aromatic carbocycles. The van der Waals surface area contributed by atoms with E-state index in [4.69, 9.17) is 0 Å². The number of nitrogens with zero attached hydrogens (tertiary/aromatic N) is 3. The second-order valence-electron chi connectivity index (χ2n) is 8.39. The molecule has 0 N–H and O–H groups in total. The number of rotatable bonds is 4. The minimum Gasteiger partial charge on any atom is -0.299 e. The van der Waals surface area contributed by atoms with Gasteiger partial charge in [-0.1, -0.05) is 29.8 Å². The van der Waals surface area contributed by atoms with Gasteiger partial charge in [-0.05, 0) is 87.5 Å². The third kappa shape index (κ3) is 4.33. The topological polar surface area (TPSA) is 19.4 Å². The minimum atomic E-state index is 0.610. The van der Waals surface area contributed by atoms with Gasteiger partial charge in [0, 0.05) is 25.5 Å². The van der Waals surface area contributed by atoms with E-state index >= 15 is 0 Å². The Balaban J connectivity index is 1.25. The molecule has 0 saturated carbocycles. The standard InChI is InChI=1S/C23H31N3/c1-20-2-4-21(5-3-20)18-25-14-8-23(9-15-25)10-16-26(17-11-23)19-22-6-12-24-13-7-22/h2-7,12-13H,8-11,14-19H2,1H3. The van der Waals surface area contributed by atoms with E-state index in [0.29, 0.717) is 5.41 Å². The van der Waals surface area contributed by atoms with Crippen molar-refractivity contribution in [2.45, 2.75) is 45.7 Å². The van der Waals surface area contributed by atoms with E-state index in [1.807, 2.05) is 12.4 Å². The van der Waals surface area contributed by atoms with Gasteiger partial charge >= 0.3 is 0 Å². The average Bonchev–Trinajstić information content (AvgIpc) is 2.68. The highest BCUT2D eigenvalue weighted by Gasteiger charge is 2.37. The summed E-state index contributed by atoms with van der Waals surface area (Å²) in [6.07, 6.45) is 9.31. The molecular formula is C23H31N3. The number of aryl methyl sites for hydroxylation is 1. The zero-order valence-electron chi connectivity index (χ0n) is 16.0. The Hall–Kier alpha value is -1.71. The molecule has 138 valence electrons. The zero-order chi connectivity index (χ0) is 17.8. The van der Waals surface area contributed by atoms with Gasteiger partial charge in [0.15, 0.2) is 0 Å². The Morgan fingerprint density at radius 3 is 1.69 bits per heavy atom. The zero-order valence-corrected chi connectivity index (χ0v) is 16.0. The Kier molecular flexibility index (Phi) is 5.37. The number of hydrogen-bond donors (Lipinski definition) is 0. The lowest BCUT2D eigenvalue weighted by molar-refractivity contribution is 0.0300. The van der Waals surface area contributed by atoms with Gasteiger partial charge in [-0.3, -0.25) is 14.8 Å². The predicted octanol–water partition coefficient (Wildman–Crippen LogP) is 4.27. The summed E-state index contributed by atoms with van der Waals surface area (Å²) in [5.41, 5.74) is 4.81. The van der Waals surface area contributed by atoms with Crippen molar-refractivity contribution in [3.05, 3.63) is 65.5 Å². The summed E-state index contributed by atoms with van der Waals surface area (Å²) in [6.45, 7) is 9.38. The highest BCUT2D eigenvalue weighted by atomic mass is 15.2. The van der Waals surface area contributed by atoms with Crippen molar-refractivity contribution in [3.63, 3.8) is 0 Å². The van der Waals surface area contributed by atoms with Crippen molar-refractivity contribution >= 4 is 0 Å². The van der Waals surface area contributed by atoms with Crippen molar-refractivity contribution < 1.29 is 0 Å². The maximum atomic E-state index is 4.12. The summed E-state index contributed by atoms with van der Waals surface area (Å²) in [4.78, 5) is 9.40. The first-order chi connectivity index (χ1) is 12.7. The SMILES string of the molecule is Cc1ccc(CN2CCC3(CCN(Cc4ccncc4)CC3)CC2)cc1. The first-order valence-corrected chi connectivity index (χ1v) is 10.1. The minimum absolute atomic E-state index is 0.610. The van der Waals surface area contributed by atoms with E-state index in [2.05, 4.69) is 58.1 Å². The molecule has 26 heavy (non-hydrogen) atoms. The molecule has 0 bridgehead atoms. The first kappa shape index (κ1) is 17.7. The van der Waals surface area contributed by atoms with Crippen LogP contribution in [0.4, 0.5) is 0 Å². The molecule has 0 atom stereocenters. The highest BCUT2D eigenvalue weighted by Crippen LogP contribution is 2.41. The van der Waals surface area contributed by atoms with Gasteiger partial charge < -0.3 is 0 Å². The van der Waals surface area contributed by atoms with Crippen LogP contribution in [0.3, 0.4) is 0 Å². The van der Waals surface area contributed by atoms with Crippen LogP contribution in [-0.4, -0.2) is 41.0 Å². The molecule has 0 unspecified atom stereocenters. The second kappa shape index (κ2) is 7.89. The van der Waals surface area contributed by atoms with Gasteiger partial charge in [-0.25, -0.2) is 0 Å².